The lowest BCUT2D eigenvalue weighted by atomic mass is 10.5. The molecule has 7 heteroatoms. The number of epoxide rings is 1. The molecule has 2 atom stereocenters. The molecule has 96 valence electrons. The third-order valence-electron chi connectivity index (χ3n) is 2.36. The van der Waals surface area contributed by atoms with Crippen LogP contribution in [0.1, 0.15) is 6.92 Å². The van der Waals surface area contributed by atoms with Gasteiger partial charge in [-0.05, 0) is 6.92 Å². The van der Waals surface area contributed by atoms with Gasteiger partial charge in [0.1, 0.15) is 12.7 Å². The van der Waals surface area contributed by atoms with E-state index < -0.39 is 8.80 Å². The van der Waals surface area contributed by atoms with Gasteiger partial charge in [-0.1, -0.05) is 0 Å². The van der Waals surface area contributed by atoms with Gasteiger partial charge in [-0.15, -0.1) is 0 Å². The molecule has 0 saturated carbocycles. The summed E-state index contributed by atoms with van der Waals surface area (Å²) in [5.74, 6) is 0. The molecule has 1 aliphatic heterocycles. The Morgan fingerprint density at radius 3 is 2.25 bits per heavy atom. The van der Waals surface area contributed by atoms with Crippen LogP contribution in [0.15, 0.2) is 0 Å². The maximum Gasteiger partial charge on any atom is 0.502 e. The third-order valence-corrected chi connectivity index (χ3v) is 5.30. The molecule has 2 unspecified atom stereocenters. The smallest absolute Gasteiger partial charge is 0.377 e. The number of rotatable bonds is 9. The molecule has 0 aliphatic carbocycles. The second-order valence-corrected chi connectivity index (χ2v) is 6.65. The standard InChI is InChI=1S/C9H20O6Si/c1-8(15-14-6-9-5-13-9)7-16(10-2,11-3)12-4/h8-9H,5-7H2,1-4H3. The van der Waals surface area contributed by atoms with Gasteiger partial charge < -0.3 is 18.0 Å². The minimum atomic E-state index is -2.58. The summed E-state index contributed by atoms with van der Waals surface area (Å²) in [6.07, 6.45) is 0.0479. The van der Waals surface area contributed by atoms with Gasteiger partial charge in [0.2, 0.25) is 0 Å². The minimum absolute atomic E-state index is 0.148. The van der Waals surface area contributed by atoms with Crippen LogP contribution in [0.3, 0.4) is 0 Å². The fraction of sp³-hybridized carbons (Fsp3) is 1.00. The van der Waals surface area contributed by atoms with Crippen molar-refractivity contribution < 1.29 is 27.8 Å². The van der Waals surface area contributed by atoms with Crippen LogP contribution in [0.2, 0.25) is 6.04 Å². The van der Waals surface area contributed by atoms with Crippen molar-refractivity contribution in [1.82, 2.24) is 0 Å². The SMILES string of the molecule is CO[Si](CC(C)OOCC1CO1)(OC)OC. The highest BCUT2D eigenvalue weighted by Crippen LogP contribution is 2.17. The zero-order valence-electron chi connectivity index (χ0n) is 10.2. The van der Waals surface area contributed by atoms with Crippen molar-refractivity contribution in [1.29, 1.82) is 0 Å². The van der Waals surface area contributed by atoms with Crippen molar-refractivity contribution in [2.45, 2.75) is 25.2 Å². The van der Waals surface area contributed by atoms with Gasteiger partial charge in [0.25, 0.3) is 0 Å². The maximum atomic E-state index is 5.28. The van der Waals surface area contributed by atoms with Crippen LogP contribution in [0.5, 0.6) is 0 Å². The molecule has 0 bridgehead atoms. The van der Waals surface area contributed by atoms with Gasteiger partial charge in [0.15, 0.2) is 0 Å². The highest BCUT2D eigenvalue weighted by molar-refractivity contribution is 6.60. The molecule has 1 saturated heterocycles. The quantitative estimate of drug-likeness (QED) is 0.259. The molecule has 1 heterocycles. The van der Waals surface area contributed by atoms with E-state index in [4.69, 9.17) is 27.8 Å². The molecule has 1 aliphatic rings. The largest absolute Gasteiger partial charge is 0.502 e. The van der Waals surface area contributed by atoms with Crippen molar-refractivity contribution >= 4 is 8.80 Å². The van der Waals surface area contributed by atoms with Gasteiger partial charge in [0, 0.05) is 27.4 Å². The summed E-state index contributed by atoms with van der Waals surface area (Å²) in [5, 5.41) is 0. The van der Waals surface area contributed by atoms with Crippen molar-refractivity contribution in [3.63, 3.8) is 0 Å². The van der Waals surface area contributed by atoms with E-state index in [0.29, 0.717) is 12.7 Å². The lowest BCUT2D eigenvalue weighted by Gasteiger charge is -2.26. The van der Waals surface area contributed by atoms with Crippen LogP contribution in [0, 0.1) is 0 Å². The van der Waals surface area contributed by atoms with Crippen LogP contribution < -0.4 is 0 Å². The van der Waals surface area contributed by atoms with Crippen LogP contribution in [0.25, 0.3) is 0 Å². The Morgan fingerprint density at radius 2 is 1.81 bits per heavy atom. The number of ether oxygens (including phenoxy) is 1. The lowest BCUT2D eigenvalue weighted by molar-refractivity contribution is -0.319. The fourth-order valence-corrected chi connectivity index (χ4v) is 3.05. The number of hydrogen-bond acceptors (Lipinski definition) is 6. The third kappa shape index (κ3) is 4.46. The summed E-state index contributed by atoms with van der Waals surface area (Å²) >= 11 is 0. The first-order chi connectivity index (χ1) is 7.65. The van der Waals surface area contributed by atoms with E-state index in [-0.39, 0.29) is 12.2 Å². The zero-order chi connectivity index (χ0) is 12.0. The monoisotopic (exact) mass is 252 g/mol. The highest BCUT2D eigenvalue weighted by atomic mass is 28.4. The van der Waals surface area contributed by atoms with Crippen molar-refractivity contribution in [2.24, 2.45) is 0 Å². The Hall–Kier alpha value is -0.0231. The molecule has 16 heavy (non-hydrogen) atoms. The molecule has 0 radical (unpaired) electrons. The number of hydrogen-bond donors (Lipinski definition) is 0. The lowest BCUT2D eigenvalue weighted by Crippen LogP contribution is -2.45. The van der Waals surface area contributed by atoms with Crippen molar-refractivity contribution in [3.8, 4) is 0 Å². The first kappa shape index (κ1) is 14.0. The topological polar surface area (TPSA) is 58.7 Å². The molecule has 0 spiro atoms. The maximum absolute atomic E-state index is 5.28. The second-order valence-electron chi connectivity index (χ2n) is 3.65. The molecule has 0 aromatic rings. The van der Waals surface area contributed by atoms with Gasteiger partial charge in [0.05, 0.1) is 12.7 Å². The van der Waals surface area contributed by atoms with E-state index in [9.17, 15) is 0 Å². The summed E-state index contributed by atoms with van der Waals surface area (Å²) in [6, 6.07) is 0.544. The molecular weight excluding hydrogens is 232 g/mol. The van der Waals surface area contributed by atoms with E-state index in [1.807, 2.05) is 6.92 Å². The van der Waals surface area contributed by atoms with Crippen molar-refractivity contribution in [3.05, 3.63) is 0 Å². The highest BCUT2D eigenvalue weighted by Gasteiger charge is 2.40. The normalized spacial score (nSPS) is 22.1. The molecule has 0 aromatic carbocycles. The van der Waals surface area contributed by atoms with Gasteiger partial charge in [-0.2, -0.15) is 0 Å². The Balaban J connectivity index is 2.20. The van der Waals surface area contributed by atoms with Crippen LogP contribution in [-0.4, -0.2) is 55.6 Å². The van der Waals surface area contributed by atoms with E-state index >= 15 is 0 Å². The minimum Gasteiger partial charge on any atom is -0.377 e. The Bertz CT molecular complexity index is 186. The summed E-state index contributed by atoms with van der Waals surface area (Å²) in [5.41, 5.74) is 0. The Morgan fingerprint density at radius 1 is 1.25 bits per heavy atom. The van der Waals surface area contributed by atoms with Gasteiger partial charge in [-0.3, -0.25) is 0 Å². The van der Waals surface area contributed by atoms with E-state index in [0.717, 1.165) is 6.61 Å². The molecule has 1 rings (SSSR count). The van der Waals surface area contributed by atoms with E-state index in [2.05, 4.69) is 0 Å². The molecule has 0 N–H and O–H groups in total. The molecule has 6 nitrogen and oxygen atoms in total. The predicted octanol–water partition coefficient (Wildman–Crippen LogP) is 0.600. The van der Waals surface area contributed by atoms with Crippen LogP contribution in [-0.2, 0) is 27.8 Å². The summed E-state index contributed by atoms with van der Waals surface area (Å²) in [4.78, 5) is 10.2. The van der Waals surface area contributed by atoms with Crippen LogP contribution >= 0.6 is 0 Å². The second kappa shape index (κ2) is 6.65. The summed E-state index contributed by atoms with van der Waals surface area (Å²) < 4.78 is 20.8. The average Bonchev–Trinajstić information content (AvgIpc) is 3.10. The Kier molecular flexibility index (Phi) is 5.83. The van der Waals surface area contributed by atoms with Crippen LogP contribution in [0.4, 0.5) is 0 Å². The van der Waals surface area contributed by atoms with Gasteiger partial charge in [-0.25, -0.2) is 9.78 Å². The zero-order valence-corrected chi connectivity index (χ0v) is 11.2. The first-order valence-corrected chi connectivity index (χ1v) is 7.14. The van der Waals surface area contributed by atoms with E-state index in [1.165, 1.54) is 0 Å². The first-order valence-electron chi connectivity index (χ1n) is 5.21. The predicted molar refractivity (Wildman–Crippen MR) is 57.8 cm³/mol. The van der Waals surface area contributed by atoms with Gasteiger partial charge >= 0.3 is 8.80 Å². The summed E-state index contributed by atoms with van der Waals surface area (Å²) in [6.45, 7) is 3.10. The average molecular weight is 252 g/mol. The van der Waals surface area contributed by atoms with E-state index in [1.54, 1.807) is 21.3 Å². The summed E-state index contributed by atoms with van der Waals surface area (Å²) in [7, 11) is 2.14. The molecule has 1 fully saturated rings. The van der Waals surface area contributed by atoms with Crippen molar-refractivity contribution in [2.75, 3.05) is 34.5 Å². The molecule has 0 aromatic heterocycles. The fourth-order valence-electron chi connectivity index (χ4n) is 1.28. The molecule has 0 amide bonds. The molecular formula is C9H20O6Si. The Labute approximate surface area is 97.0 Å².